The SMILES string of the molecule is CC1=C(CC/C(=C/C[C@@H]2OC(=O)C=C2CO)CO)[C@@]2(C)CCCC(C)(C)[C@@H]2CC1. The number of ether oxygens (including phenoxy) is 1. The van der Waals surface area contributed by atoms with E-state index in [2.05, 4.69) is 27.7 Å². The molecule has 1 saturated carbocycles. The molecule has 4 heteroatoms. The molecule has 0 aromatic heterocycles. The Labute approximate surface area is 175 Å². The van der Waals surface area contributed by atoms with Gasteiger partial charge in [0.2, 0.25) is 0 Å². The van der Waals surface area contributed by atoms with Gasteiger partial charge in [0.25, 0.3) is 0 Å². The molecule has 1 fully saturated rings. The fourth-order valence-corrected chi connectivity index (χ4v) is 6.34. The van der Waals surface area contributed by atoms with Crippen molar-refractivity contribution in [3.63, 3.8) is 0 Å². The fourth-order valence-electron chi connectivity index (χ4n) is 6.34. The lowest BCUT2D eigenvalue weighted by atomic mass is 9.50. The van der Waals surface area contributed by atoms with E-state index < -0.39 is 6.10 Å². The Morgan fingerprint density at radius 3 is 2.72 bits per heavy atom. The number of aliphatic hydroxyl groups is 2. The monoisotopic (exact) mass is 402 g/mol. The average molecular weight is 403 g/mol. The number of cyclic esters (lactones) is 1. The van der Waals surface area contributed by atoms with Crippen LogP contribution in [-0.4, -0.2) is 35.5 Å². The number of fused-ring (bicyclic) bond motifs is 1. The number of hydrogen-bond acceptors (Lipinski definition) is 4. The molecule has 1 aliphatic heterocycles. The summed E-state index contributed by atoms with van der Waals surface area (Å²) in [4.78, 5) is 11.4. The number of aliphatic hydroxyl groups excluding tert-OH is 2. The van der Waals surface area contributed by atoms with E-state index >= 15 is 0 Å². The average Bonchev–Trinajstić information content (AvgIpc) is 3.02. The van der Waals surface area contributed by atoms with Crippen LogP contribution in [0.25, 0.3) is 0 Å². The Hall–Kier alpha value is -1.39. The summed E-state index contributed by atoms with van der Waals surface area (Å²) < 4.78 is 5.25. The van der Waals surface area contributed by atoms with Crippen molar-refractivity contribution in [3.8, 4) is 0 Å². The molecule has 3 atom stereocenters. The zero-order valence-electron chi connectivity index (χ0n) is 18.6. The first-order chi connectivity index (χ1) is 13.7. The minimum absolute atomic E-state index is 0.0246. The standard InChI is InChI=1S/C25H38O4/c1-17-6-11-22-24(2,3)12-5-13-25(22,4)20(17)9-7-18(15-26)8-10-21-19(16-27)14-23(28)29-21/h8,14,21-22,26-27H,5-7,9-13,15-16H2,1-4H3/b18-8-/t21-,22-,25+/m0/s1. The highest BCUT2D eigenvalue weighted by molar-refractivity contribution is 5.85. The van der Waals surface area contributed by atoms with Crippen LogP contribution in [0.3, 0.4) is 0 Å². The number of hydrogen-bond donors (Lipinski definition) is 2. The number of esters is 1. The van der Waals surface area contributed by atoms with Crippen LogP contribution in [0, 0.1) is 16.7 Å². The van der Waals surface area contributed by atoms with E-state index in [9.17, 15) is 15.0 Å². The molecular weight excluding hydrogens is 364 g/mol. The Morgan fingerprint density at radius 2 is 2.03 bits per heavy atom. The molecule has 4 nitrogen and oxygen atoms in total. The molecule has 0 unspecified atom stereocenters. The molecule has 2 N–H and O–H groups in total. The van der Waals surface area contributed by atoms with Crippen molar-refractivity contribution in [3.05, 3.63) is 34.4 Å². The predicted molar refractivity (Wildman–Crippen MR) is 115 cm³/mol. The summed E-state index contributed by atoms with van der Waals surface area (Å²) in [5.74, 6) is 0.346. The highest BCUT2D eigenvalue weighted by Gasteiger charge is 2.49. The molecule has 0 spiro atoms. The second-order valence-corrected chi connectivity index (χ2v) is 10.2. The van der Waals surface area contributed by atoms with Crippen molar-refractivity contribution in [1.82, 2.24) is 0 Å². The summed E-state index contributed by atoms with van der Waals surface area (Å²) in [5, 5.41) is 19.3. The first-order valence-corrected chi connectivity index (χ1v) is 11.2. The maximum atomic E-state index is 11.4. The Kier molecular flexibility index (Phi) is 6.74. The van der Waals surface area contributed by atoms with Gasteiger partial charge in [-0.05, 0) is 67.8 Å². The summed E-state index contributed by atoms with van der Waals surface area (Å²) >= 11 is 0. The molecular formula is C25H38O4. The molecule has 1 heterocycles. The highest BCUT2D eigenvalue weighted by Crippen LogP contribution is 2.60. The van der Waals surface area contributed by atoms with Crippen LogP contribution in [-0.2, 0) is 9.53 Å². The fraction of sp³-hybridized carbons (Fsp3) is 0.720. The van der Waals surface area contributed by atoms with Gasteiger partial charge in [-0.1, -0.05) is 44.4 Å². The summed E-state index contributed by atoms with van der Waals surface area (Å²) in [7, 11) is 0. The molecule has 29 heavy (non-hydrogen) atoms. The minimum Gasteiger partial charge on any atom is -0.454 e. The minimum atomic E-state index is -0.397. The van der Waals surface area contributed by atoms with Crippen molar-refractivity contribution in [2.45, 2.75) is 85.2 Å². The second-order valence-electron chi connectivity index (χ2n) is 10.2. The van der Waals surface area contributed by atoms with Crippen LogP contribution in [0.4, 0.5) is 0 Å². The normalized spacial score (nSPS) is 32.1. The Balaban J connectivity index is 1.69. The number of carbonyl (C=O) groups is 1. The first-order valence-electron chi connectivity index (χ1n) is 11.2. The van der Waals surface area contributed by atoms with Gasteiger partial charge in [0.05, 0.1) is 13.2 Å². The number of carbonyl (C=O) groups excluding carboxylic acids is 1. The largest absolute Gasteiger partial charge is 0.454 e. The predicted octanol–water partition coefficient (Wildman–Crippen LogP) is 4.86. The molecule has 0 amide bonds. The first kappa shape index (κ1) is 22.3. The van der Waals surface area contributed by atoms with Gasteiger partial charge in [-0.2, -0.15) is 0 Å². The number of allylic oxidation sites excluding steroid dienone is 2. The van der Waals surface area contributed by atoms with Gasteiger partial charge in [0.15, 0.2) is 0 Å². The highest BCUT2D eigenvalue weighted by atomic mass is 16.5. The zero-order valence-corrected chi connectivity index (χ0v) is 18.6. The van der Waals surface area contributed by atoms with Gasteiger partial charge in [-0.3, -0.25) is 0 Å². The molecule has 0 aromatic carbocycles. The molecule has 3 aliphatic rings. The summed E-state index contributed by atoms with van der Waals surface area (Å²) in [5.41, 5.74) is 5.45. The van der Waals surface area contributed by atoms with Crippen molar-refractivity contribution < 1.29 is 19.7 Å². The van der Waals surface area contributed by atoms with Gasteiger partial charge in [-0.25, -0.2) is 4.79 Å². The van der Waals surface area contributed by atoms with Crippen molar-refractivity contribution in [1.29, 1.82) is 0 Å². The smallest absolute Gasteiger partial charge is 0.331 e. The van der Waals surface area contributed by atoms with Crippen LogP contribution in [0.1, 0.15) is 79.1 Å². The second kappa shape index (κ2) is 8.77. The van der Waals surface area contributed by atoms with Crippen LogP contribution in [0.15, 0.2) is 34.4 Å². The van der Waals surface area contributed by atoms with Gasteiger partial charge in [-0.15, -0.1) is 0 Å². The van der Waals surface area contributed by atoms with Crippen LogP contribution < -0.4 is 0 Å². The molecule has 3 rings (SSSR count). The third-order valence-corrected chi connectivity index (χ3v) is 7.92. The maximum absolute atomic E-state index is 11.4. The van der Waals surface area contributed by atoms with Gasteiger partial charge < -0.3 is 14.9 Å². The third kappa shape index (κ3) is 4.54. The Morgan fingerprint density at radius 1 is 1.28 bits per heavy atom. The van der Waals surface area contributed by atoms with E-state index in [-0.39, 0.29) is 24.6 Å². The summed E-state index contributed by atoms with van der Waals surface area (Å²) in [6.07, 6.45) is 11.7. The third-order valence-electron chi connectivity index (χ3n) is 7.92. The van der Waals surface area contributed by atoms with E-state index in [0.29, 0.717) is 17.4 Å². The van der Waals surface area contributed by atoms with Crippen molar-refractivity contribution in [2.24, 2.45) is 16.7 Å². The van der Waals surface area contributed by atoms with Gasteiger partial charge in [0, 0.05) is 18.1 Å². The van der Waals surface area contributed by atoms with E-state index in [1.54, 1.807) is 11.1 Å². The lowest BCUT2D eigenvalue weighted by molar-refractivity contribution is -0.138. The van der Waals surface area contributed by atoms with Gasteiger partial charge in [0.1, 0.15) is 6.10 Å². The van der Waals surface area contributed by atoms with E-state index in [4.69, 9.17) is 4.74 Å². The summed E-state index contributed by atoms with van der Waals surface area (Å²) in [6, 6.07) is 0. The molecule has 0 saturated heterocycles. The van der Waals surface area contributed by atoms with Crippen molar-refractivity contribution >= 4 is 5.97 Å². The summed E-state index contributed by atoms with van der Waals surface area (Å²) in [6.45, 7) is 9.53. The molecule has 0 radical (unpaired) electrons. The molecule has 162 valence electrons. The van der Waals surface area contributed by atoms with Crippen LogP contribution >= 0.6 is 0 Å². The van der Waals surface area contributed by atoms with Crippen LogP contribution in [0.2, 0.25) is 0 Å². The lowest BCUT2D eigenvalue weighted by Crippen LogP contribution is -2.45. The topological polar surface area (TPSA) is 66.8 Å². The van der Waals surface area contributed by atoms with Crippen LogP contribution in [0.5, 0.6) is 0 Å². The molecule has 2 aliphatic carbocycles. The van der Waals surface area contributed by atoms with Gasteiger partial charge >= 0.3 is 5.97 Å². The lowest BCUT2D eigenvalue weighted by Gasteiger charge is -2.55. The van der Waals surface area contributed by atoms with E-state index in [1.165, 1.54) is 38.2 Å². The maximum Gasteiger partial charge on any atom is 0.331 e. The van der Waals surface area contributed by atoms with Crippen molar-refractivity contribution in [2.75, 3.05) is 13.2 Å². The molecule has 0 aromatic rings. The van der Waals surface area contributed by atoms with E-state index in [1.807, 2.05) is 6.08 Å². The van der Waals surface area contributed by atoms with E-state index in [0.717, 1.165) is 24.3 Å². The molecule has 0 bridgehead atoms. The number of rotatable bonds is 7. The quantitative estimate of drug-likeness (QED) is 0.471. The Bertz CT molecular complexity index is 727. The zero-order chi connectivity index (χ0) is 21.2.